The molecule has 1 saturated heterocycles. The Bertz CT molecular complexity index is 861. The Morgan fingerprint density at radius 2 is 1.52 bits per heavy atom. The normalized spacial score (nSPS) is 25.8. The monoisotopic (exact) mass is 481 g/mol. The molecule has 0 saturated carbocycles. The van der Waals surface area contributed by atoms with Crippen molar-refractivity contribution in [3.8, 4) is 0 Å². The number of ether oxygens (including phenoxy) is 4. The second-order valence-electron chi connectivity index (χ2n) is 7.55. The predicted molar refractivity (Wildman–Crippen MR) is 121 cm³/mol. The fraction of sp³-hybridized carbons (Fsp3) is 0.478. The third kappa shape index (κ3) is 7.16. The van der Waals surface area contributed by atoms with Gasteiger partial charge >= 0.3 is 7.75 Å². The van der Waals surface area contributed by atoms with Crippen molar-refractivity contribution < 1.29 is 37.7 Å². The van der Waals surface area contributed by atoms with Crippen LogP contribution in [-0.2, 0) is 45.8 Å². The highest BCUT2D eigenvalue weighted by Crippen LogP contribution is 2.44. The molecule has 9 nitrogen and oxygen atoms in total. The van der Waals surface area contributed by atoms with Crippen molar-refractivity contribution in [1.82, 2.24) is 5.09 Å². The van der Waals surface area contributed by atoms with E-state index in [4.69, 9.17) is 28.0 Å². The highest BCUT2D eigenvalue weighted by atomic mass is 31.2. The SMILES string of the molecule is CO[C@H]1O[C@H](COCc2ccccc2)[C@H](NP(=O)(OC)OC)[C@H](O)[C@H]1OCc1ccccc1. The first-order chi connectivity index (χ1) is 16.0. The second kappa shape index (κ2) is 12.7. The number of hydrogen-bond donors (Lipinski definition) is 2. The van der Waals surface area contributed by atoms with Crippen LogP contribution in [-0.4, -0.2) is 63.7 Å². The van der Waals surface area contributed by atoms with Gasteiger partial charge in [0.05, 0.1) is 25.9 Å². The van der Waals surface area contributed by atoms with Crippen LogP contribution in [0.5, 0.6) is 0 Å². The summed E-state index contributed by atoms with van der Waals surface area (Å²) in [7, 11) is 0.304. The summed E-state index contributed by atoms with van der Waals surface area (Å²) in [6.07, 6.45) is -3.60. The maximum absolute atomic E-state index is 12.8. The zero-order valence-electron chi connectivity index (χ0n) is 19.0. The van der Waals surface area contributed by atoms with Crippen LogP contribution in [0.4, 0.5) is 0 Å². The van der Waals surface area contributed by atoms with Gasteiger partial charge in [-0.05, 0) is 11.1 Å². The molecule has 33 heavy (non-hydrogen) atoms. The van der Waals surface area contributed by atoms with E-state index in [0.717, 1.165) is 11.1 Å². The molecule has 0 spiro atoms. The minimum atomic E-state index is -3.69. The van der Waals surface area contributed by atoms with E-state index in [-0.39, 0.29) is 13.2 Å². The second-order valence-corrected chi connectivity index (χ2v) is 9.53. The fourth-order valence-corrected chi connectivity index (χ4v) is 4.63. The van der Waals surface area contributed by atoms with Gasteiger partial charge in [0.15, 0.2) is 6.29 Å². The molecule has 1 heterocycles. The first-order valence-electron chi connectivity index (χ1n) is 10.6. The zero-order valence-corrected chi connectivity index (χ0v) is 19.9. The van der Waals surface area contributed by atoms with Crippen molar-refractivity contribution in [2.45, 2.75) is 43.9 Å². The van der Waals surface area contributed by atoms with Crippen LogP contribution < -0.4 is 5.09 Å². The lowest BCUT2D eigenvalue weighted by atomic mass is 9.97. The Hall–Kier alpha value is -1.65. The van der Waals surface area contributed by atoms with Gasteiger partial charge in [-0.25, -0.2) is 9.65 Å². The van der Waals surface area contributed by atoms with E-state index in [1.54, 1.807) is 0 Å². The molecule has 2 N–H and O–H groups in total. The standard InChI is InChI=1S/C23H32NO8P/c1-27-23-22(31-15-18-12-8-5-9-13-18)21(25)20(24-33(26,28-2)29-3)19(32-23)16-30-14-17-10-6-4-7-11-17/h4-13,19-23,25H,14-16H2,1-3H3,(H,24,26)/t19-,20+,21+,22-,23+/m1/s1. The molecule has 1 aliphatic heterocycles. The number of nitrogens with one attached hydrogen (secondary N) is 1. The lowest BCUT2D eigenvalue weighted by molar-refractivity contribution is -0.285. The molecule has 10 heteroatoms. The molecule has 0 amide bonds. The number of aliphatic hydroxyl groups is 1. The van der Waals surface area contributed by atoms with Gasteiger partial charge < -0.3 is 33.1 Å². The Kier molecular flexibility index (Phi) is 10.0. The maximum atomic E-state index is 12.8. The van der Waals surface area contributed by atoms with Crippen molar-refractivity contribution in [1.29, 1.82) is 0 Å². The van der Waals surface area contributed by atoms with E-state index in [0.29, 0.717) is 6.61 Å². The summed E-state index contributed by atoms with van der Waals surface area (Å²) >= 11 is 0. The molecular weight excluding hydrogens is 449 g/mol. The van der Waals surface area contributed by atoms with Crippen molar-refractivity contribution in [2.75, 3.05) is 27.9 Å². The van der Waals surface area contributed by atoms with Crippen LogP contribution >= 0.6 is 7.75 Å². The van der Waals surface area contributed by atoms with Gasteiger partial charge in [-0.15, -0.1) is 0 Å². The van der Waals surface area contributed by atoms with Crippen molar-refractivity contribution in [2.24, 2.45) is 0 Å². The smallest absolute Gasteiger partial charge is 0.388 e. The van der Waals surface area contributed by atoms with Gasteiger partial charge in [-0.1, -0.05) is 60.7 Å². The number of aliphatic hydroxyl groups excluding tert-OH is 1. The molecular formula is C23H32NO8P. The van der Waals surface area contributed by atoms with Crippen LogP contribution in [0.15, 0.2) is 60.7 Å². The molecule has 2 aromatic carbocycles. The van der Waals surface area contributed by atoms with Gasteiger partial charge in [0.1, 0.15) is 18.3 Å². The number of rotatable bonds is 12. The van der Waals surface area contributed by atoms with Gasteiger partial charge in [-0.2, -0.15) is 0 Å². The quantitative estimate of drug-likeness (QED) is 0.443. The van der Waals surface area contributed by atoms with Gasteiger partial charge in [-0.3, -0.25) is 0 Å². The molecule has 5 atom stereocenters. The highest BCUT2D eigenvalue weighted by molar-refractivity contribution is 7.51. The molecule has 3 rings (SSSR count). The van der Waals surface area contributed by atoms with E-state index in [1.165, 1.54) is 21.3 Å². The number of benzene rings is 2. The third-order valence-corrected chi connectivity index (χ3v) is 6.96. The summed E-state index contributed by atoms with van der Waals surface area (Å²) in [6, 6.07) is 18.3. The van der Waals surface area contributed by atoms with Crippen LogP contribution in [0, 0.1) is 0 Å². The van der Waals surface area contributed by atoms with Crippen LogP contribution in [0.25, 0.3) is 0 Å². The Morgan fingerprint density at radius 1 is 0.939 bits per heavy atom. The molecule has 2 aromatic rings. The summed E-state index contributed by atoms with van der Waals surface area (Å²) in [5.74, 6) is 0. The predicted octanol–water partition coefficient (Wildman–Crippen LogP) is 2.88. The third-order valence-electron chi connectivity index (χ3n) is 5.38. The maximum Gasteiger partial charge on any atom is 0.405 e. The Morgan fingerprint density at radius 3 is 2.06 bits per heavy atom. The lowest BCUT2D eigenvalue weighted by Crippen LogP contribution is -2.64. The van der Waals surface area contributed by atoms with Crippen molar-refractivity contribution >= 4 is 7.75 Å². The molecule has 0 unspecified atom stereocenters. The Balaban J connectivity index is 1.73. The zero-order chi connectivity index (χ0) is 23.7. The first-order valence-corrected chi connectivity index (χ1v) is 12.2. The van der Waals surface area contributed by atoms with Crippen LogP contribution in [0.3, 0.4) is 0 Å². The van der Waals surface area contributed by atoms with E-state index in [9.17, 15) is 9.67 Å². The summed E-state index contributed by atoms with van der Waals surface area (Å²) in [6.45, 7) is 0.684. The van der Waals surface area contributed by atoms with Gasteiger partial charge in [0, 0.05) is 21.3 Å². The summed E-state index contributed by atoms with van der Waals surface area (Å²) in [5, 5.41) is 14.0. The van der Waals surface area contributed by atoms with E-state index in [1.807, 2.05) is 60.7 Å². The molecule has 1 fully saturated rings. The van der Waals surface area contributed by atoms with E-state index in [2.05, 4.69) is 5.09 Å². The largest absolute Gasteiger partial charge is 0.405 e. The fourth-order valence-electron chi connectivity index (χ4n) is 3.59. The first kappa shape index (κ1) is 26.0. The average Bonchev–Trinajstić information content (AvgIpc) is 2.86. The van der Waals surface area contributed by atoms with Crippen molar-refractivity contribution in [3.63, 3.8) is 0 Å². The molecule has 0 aliphatic carbocycles. The lowest BCUT2D eigenvalue weighted by Gasteiger charge is -2.44. The molecule has 0 aromatic heterocycles. The van der Waals surface area contributed by atoms with Crippen molar-refractivity contribution in [3.05, 3.63) is 71.8 Å². The summed E-state index contributed by atoms with van der Waals surface area (Å²) in [4.78, 5) is 0. The summed E-state index contributed by atoms with van der Waals surface area (Å²) in [5.41, 5.74) is 1.92. The van der Waals surface area contributed by atoms with Gasteiger partial charge in [0.2, 0.25) is 0 Å². The number of methoxy groups -OCH3 is 1. The van der Waals surface area contributed by atoms with Crippen LogP contribution in [0.2, 0.25) is 0 Å². The summed E-state index contributed by atoms with van der Waals surface area (Å²) < 4.78 is 46.2. The molecule has 0 radical (unpaired) electrons. The van der Waals surface area contributed by atoms with Crippen LogP contribution in [0.1, 0.15) is 11.1 Å². The number of hydrogen-bond acceptors (Lipinski definition) is 8. The molecule has 182 valence electrons. The minimum Gasteiger partial charge on any atom is -0.388 e. The highest BCUT2D eigenvalue weighted by Gasteiger charge is 2.48. The topological polar surface area (TPSA) is 105 Å². The van der Waals surface area contributed by atoms with E-state index >= 15 is 0 Å². The van der Waals surface area contributed by atoms with Gasteiger partial charge in [0.25, 0.3) is 0 Å². The molecule has 1 aliphatic rings. The molecule has 0 bridgehead atoms. The van der Waals surface area contributed by atoms with E-state index < -0.39 is 38.4 Å². The average molecular weight is 481 g/mol. The minimum absolute atomic E-state index is 0.0995. The Labute approximate surface area is 194 Å².